The average Bonchev–Trinajstić information content (AvgIpc) is 2.52. The summed E-state index contributed by atoms with van der Waals surface area (Å²) in [6.45, 7) is 2.21. The normalized spacial score (nSPS) is 10.1. The molecule has 0 fully saturated rings. The number of ether oxygens (including phenoxy) is 1. The molecule has 0 aliphatic carbocycles. The zero-order valence-electron chi connectivity index (χ0n) is 7.73. The predicted molar refractivity (Wildman–Crippen MR) is 56.3 cm³/mol. The van der Waals surface area contributed by atoms with E-state index in [4.69, 9.17) is 10.5 Å². The highest BCUT2D eigenvalue weighted by Crippen LogP contribution is 2.18. The Morgan fingerprint density at radius 3 is 3.07 bits per heavy atom. The number of nitrogens with zero attached hydrogens (tertiary/aromatic N) is 2. The smallest absolute Gasteiger partial charge is 0.306 e. The first-order valence-electron chi connectivity index (χ1n) is 4.10. The lowest BCUT2D eigenvalue weighted by Crippen LogP contribution is -2.04. The lowest BCUT2D eigenvalue weighted by Gasteiger charge is -1.98. The Balaban J connectivity index is 2.18. The number of carbonyl (C=O) groups is 1. The van der Waals surface area contributed by atoms with Gasteiger partial charge < -0.3 is 10.5 Å². The van der Waals surface area contributed by atoms with Crippen LogP contribution in [-0.2, 0) is 9.53 Å². The molecule has 1 rings (SSSR count). The van der Waals surface area contributed by atoms with Gasteiger partial charge in [0.25, 0.3) is 0 Å². The molecular formula is C7H11N3O2S2. The summed E-state index contributed by atoms with van der Waals surface area (Å²) >= 11 is 2.56. The fraction of sp³-hybridized carbons (Fsp3) is 0.571. The largest absolute Gasteiger partial charge is 0.466 e. The van der Waals surface area contributed by atoms with Crippen LogP contribution in [0.1, 0.15) is 13.3 Å². The highest BCUT2D eigenvalue weighted by molar-refractivity contribution is 7.99. The van der Waals surface area contributed by atoms with E-state index in [0.29, 0.717) is 29.1 Å². The standard InChI is InChI=1S/C7H11N3O2S2/c1-2-12-5(11)3-4-13-7-9-6(8)14-10-7/h2-4H2,1H3,(H2,8,9,10). The Hall–Kier alpha value is -0.820. The number of hydrogen-bond donors (Lipinski definition) is 1. The Morgan fingerprint density at radius 2 is 2.50 bits per heavy atom. The number of nitrogen functional groups attached to an aromatic ring is 1. The van der Waals surface area contributed by atoms with Crippen molar-refractivity contribution >= 4 is 34.4 Å². The van der Waals surface area contributed by atoms with Crippen LogP contribution in [0, 0.1) is 0 Å². The van der Waals surface area contributed by atoms with Crippen molar-refractivity contribution in [2.24, 2.45) is 0 Å². The monoisotopic (exact) mass is 233 g/mol. The number of nitrogens with two attached hydrogens (primary N) is 1. The second-order valence-electron chi connectivity index (χ2n) is 2.32. The molecule has 0 spiro atoms. The average molecular weight is 233 g/mol. The molecule has 2 N–H and O–H groups in total. The molecule has 0 saturated carbocycles. The first kappa shape index (κ1) is 11.3. The number of aromatic nitrogens is 2. The van der Waals surface area contributed by atoms with E-state index >= 15 is 0 Å². The van der Waals surface area contributed by atoms with Crippen LogP contribution in [0.4, 0.5) is 5.13 Å². The fourth-order valence-corrected chi connectivity index (χ4v) is 2.07. The quantitative estimate of drug-likeness (QED) is 0.607. The van der Waals surface area contributed by atoms with Crippen molar-refractivity contribution in [2.45, 2.75) is 18.5 Å². The van der Waals surface area contributed by atoms with Gasteiger partial charge in [0.1, 0.15) is 0 Å². The van der Waals surface area contributed by atoms with E-state index in [-0.39, 0.29) is 5.97 Å². The number of anilines is 1. The topological polar surface area (TPSA) is 78.1 Å². The minimum absolute atomic E-state index is 0.191. The summed E-state index contributed by atoms with van der Waals surface area (Å²) in [5.41, 5.74) is 5.40. The van der Waals surface area contributed by atoms with Gasteiger partial charge in [-0.2, -0.15) is 9.36 Å². The fourth-order valence-electron chi connectivity index (χ4n) is 0.738. The van der Waals surface area contributed by atoms with Crippen molar-refractivity contribution in [3.05, 3.63) is 0 Å². The molecule has 0 bridgehead atoms. The second kappa shape index (κ2) is 5.82. The van der Waals surface area contributed by atoms with Crippen molar-refractivity contribution in [3.8, 4) is 0 Å². The SMILES string of the molecule is CCOC(=O)CCSc1nsc(N)n1. The number of carbonyl (C=O) groups excluding carboxylic acids is 1. The van der Waals surface area contributed by atoms with Crippen LogP contribution >= 0.6 is 23.3 Å². The van der Waals surface area contributed by atoms with Crippen molar-refractivity contribution in [3.63, 3.8) is 0 Å². The van der Waals surface area contributed by atoms with E-state index in [1.165, 1.54) is 11.8 Å². The summed E-state index contributed by atoms with van der Waals surface area (Å²) in [6.07, 6.45) is 0.373. The van der Waals surface area contributed by atoms with E-state index < -0.39 is 0 Å². The zero-order chi connectivity index (χ0) is 10.4. The molecule has 78 valence electrons. The van der Waals surface area contributed by atoms with Gasteiger partial charge in [0, 0.05) is 17.3 Å². The second-order valence-corrected chi connectivity index (χ2v) is 4.16. The third kappa shape index (κ3) is 3.93. The predicted octanol–water partition coefficient (Wildman–Crippen LogP) is 1.17. The van der Waals surface area contributed by atoms with Crippen molar-refractivity contribution in [2.75, 3.05) is 18.1 Å². The molecular weight excluding hydrogens is 222 g/mol. The molecule has 1 aromatic rings. The van der Waals surface area contributed by atoms with Gasteiger partial charge in [-0.1, -0.05) is 11.8 Å². The Labute approximate surface area is 90.2 Å². The third-order valence-corrected chi connectivity index (χ3v) is 2.77. The lowest BCUT2D eigenvalue weighted by molar-refractivity contribution is -0.142. The van der Waals surface area contributed by atoms with Gasteiger partial charge in [-0.05, 0) is 6.92 Å². The highest BCUT2D eigenvalue weighted by atomic mass is 32.2. The summed E-state index contributed by atoms with van der Waals surface area (Å²) in [4.78, 5) is 14.9. The van der Waals surface area contributed by atoms with Crippen molar-refractivity contribution in [1.82, 2.24) is 9.36 Å². The van der Waals surface area contributed by atoms with Gasteiger partial charge in [0.2, 0.25) is 10.3 Å². The van der Waals surface area contributed by atoms with Gasteiger partial charge in [-0.25, -0.2) is 0 Å². The molecule has 0 aliphatic rings. The summed E-state index contributed by atoms with van der Waals surface area (Å²) in [5, 5.41) is 1.07. The van der Waals surface area contributed by atoms with Crippen molar-refractivity contribution < 1.29 is 9.53 Å². The van der Waals surface area contributed by atoms with Crippen LogP contribution in [0.3, 0.4) is 0 Å². The summed E-state index contributed by atoms with van der Waals surface area (Å²) < 4.78 is 8.74. The van der Waals surface area contributed by atoms with Crippen LogP contribution in [-0.4, -0.2) is 27.7 Å². The molecule has 14 heavy (non-hydrogen) atoms. The van der Waals surface area contributed by atoms with E-state index in [1.54, 1.807) is 6.92 Å². The number of rotatable bonds is 5. The maximum atomic E-state index is 10.9. The lowest BCUT2D eigenvalue weighted by atomic mass is 10.5. The van der Waals surface area contributed by atoms with Crippen LogP contribution < -0.4 is 5.73 Å². The number of hydrogen-bond acceptors (Lipinski definition) is 7. The molecule has 0 saturated heterocycles. The third-order valence-electron chi connectivity index (χ3n) is 1.27. The summed E-state index contributed by atoms with van der Waals surface area (Å²) in [6, 6.07) is 0. The molecule has 0 aliphatic heterocycles. The number of esters is 1. The molecule has 0 radical (unpaired) electrons. The van der Waals surface area contributed by atoms with Gasteiger partial charge in [0.05, 0.1) is 13.0 Å². The zero-order valence-corrected chi connectivity index (χ0v) is 9.36. The molecule has 0 atom stereocenters. The molecule has 1 aromatic heterocycles. The van der Waals surface area contributed by atoms with Gasteiger partial charge in [0.15, 0.2) is 0 Å². The van der Waals surface area contributed by atoms with Crippen LogP contribution in [0.2, 0.25) is 0 Å². The maximum Gasteiger partial charge on any atom is 0.306 e. The first-order valence-corrected chi connectivity index (χ1v) is 5.86. The van der Waals surface area contributed by atoms with Gasteiger partial charge in [-0.3, -0.25) is 4.79 Å². The summed E-state index contributed by atoms with van der Waals surface area (Å²) in [7, 11) is 0. The Morgan fingerprint density at radius 1 is 1.71 bits per heavy atom. The van der Waals surface area contributed by atoms with E-state index in [0.717, 1.165) is 11.5 Å². The number of thioether (sulfide) groups is 1. The summed E-state index contributed by atoms with van der Waals surface area (Å²) in [5.74, 6) is 0.429. The Kier molecular flexibility index (Phi) is 4.68. The Bertz CT molecular complexity index is 303. The minimum atomic E-state index is -0.191. The van der Waals surface area contributed by atoms with E-state index in [2.05, 4.69) is 9.36 Å². The molecule has 0 unspecified atom stereocenters. The van der Waals surface area contributed by atoms with Crippen LogP contribution in [0.5, 0.6) is 0 Å². The molecule has 5 nitrogen and oxygen atoms in total. The molecule has 1 heterocycles. The van der Waals surface area contributed by atoms with Gasteiger partial charge in [-0.15, -0.1) is 0 Å². The van der Waals surface area contributed by atoms with E-state index in [1.807, 2.05) is 0 Å². The van der Waals surface area contributed by atoms with Crippen molar-refractivity contribution in [1.29, 1.82) is 0 Å². The van der Waals surface area contributed by atoms with E-state index in [9.17, 15) is 4.79 Å². The highest BCUT2D eigenvalue weighted by Gasteiger charge is 2.05. The minimum Gasteiger partial charge on any atom is -0.466 e. The molecule has 0 aromatic carbocycles. The molecule has 7 heteroatoms. The van der Waals surface area contributed by atoms with Crippen LogP contribution in [0.15, 0.2) is 5.16 Å². The maximum absolute atomic E-state index is 10.9. The van der Waals surface area contributed by atoms with Crippen LogP contribution in [0.25, 0.3) is 0 Å². The first-order chi connectivity index (χ1) is 6.72. The molecule has 0 amide bonds. The van der Waals surface area contributed by atoms with Gasteiger partial charge >= 0.3 is 5.97 Å².